The fraction of sp³-hybridized carbons (Fsp3) is 0.214. The van der Waals surface area contributed by atoms with Gasteiger partial charge in [-0.15, -0.1) is 0 Å². The van der Waals surface area contributed by atoms with Crippen molar-refractivity contribution in [3.05, 3.63) is 56.4 Å². The number of para-hydroxylation sites is 1. The van der Waals surface area contributed by atoms with E-state index in [1.54, 1.807) is 6.07 Å². The third kappa shape index (κ3) is 2.33. The molecule has 0 saturated heterocycles. The van der Waals surface area contributed by atoms with Crippen molar-refractivity contribution in [2.45, 2.75) is 12.8 Å². The molecule has 0 atom stereocenters. The highest BCUT2D eigenvalue weighted by molar-refractivity contribution is 6.06. The highest BCUT2D eigenvalue weighted by atomic mass is 16.3. The van der Waals surface area contributed by atoms with Gasteiger partial charge < -0.3 is 15.0 Å². The van der Waals surface area contributed by atoms with Crippen LogP contribution in [0, 0.1) is 0 Å². The molecule has 0 fully saturated rings. The zero-order chi connectivity index (χ0) is 15.0. The highest BCUT2D eigenvalue weighted by Crippen LogP contribution is 2.35. The number of carbonyl (C=O) groups is 1. The number of benzene rings is 1. The van der Waals surface area contributed by atoms with Crippen LogP contribution in [0.2, 0.25) is 0 Å². The molecule has 21 heavy (non-hydrogen) atoms. The van der Waals surface area contributed by atoms with Gasteiger partial charge in [0.2, 0.25) is 0 Å². The summed E-state index contributed by atoms with van der Waals surface area (Å²) in [5.74, 6) is -0.506. The van der Waals surface area contributed by atoms with Crippen LogP contribution in [0.15, 0.2) is 33.9 Å². The van der Waals surface area contributed by atoms with Gasteiger partial charge in [0.1, 0.15) is 11.4 Å². The molecule has 1 aliphatic heterocycles. The second-order valence-electron chi connectivity index (χ2n) is 4.85. The number of aromatic nitrogens is 2. The highest BCUT2D eigenvalue weighted by Gasteiger charge is 2.26. The number of hydrogen-bond donors (Lipinski definition) is 3. The van der Waals surface area contributed by atoms with E-state index in [-0.39, 0.29) is 11.4 Å². The number of aromatic hydroxyl groups is 1. The molecule has 1 aliphatic rings. The molecule has 0 aliphatic carbocycles. The lowest BCUT2D eigenvalue weighted by molar-refractivity contribution is 0.0979. The Morgan fingerprint density at radius 3 is 2.81 bits per heavy atom. The summed E-state index contributed by atoms with van der Waals surface area (Å²) in [5.41, 5.74) is -0.173. The van der Waals surface area contributed by atoms with E-state index in [0.29, 0.717) is 12.2 Å². The van der Waals surface area contributed by atoms with Gasteiger partial charge in [0, 0.05) is 12.6 Å². The molecule has 7 nitrogen and oxygen atoms in total. The van der Waals surface area contributed by atoms with Crippen molar-refractivity contribution < 1.29 is 9.90 Å². The molecule has 0 spiro atoms. The van der Waals surface area contributed by atoms with Gasteiger partial charge in [-0.1, -0.05) is 12.1 Å². The summed E-state index contributed by atoms with van der Waals surface area (Å²) in [7, 11) is 0. The second kappa shape index (κ2) is 4.93. The number of fused-ring (bicyclic) bond motifs is 1. The number of phenols is 1. The third-order valence-electron chi connectivity index (χ3n) is 3.43. The molecule has 7 heteroatoms. The van der Waals surface area contributed by atoms with E-state index in [1.807, 2.05) is 11.1 Å². The third-order valence-corrected chi connectivity index (χ3v) is 3.43. The molecule has 2 aromatic rings. The van der Waals surface area contributed by atoms with Gasteiger partial charge in [0.15, 0.2) is 0 Å². The number of anilines is 1. The van der Waals surface area contributed by atoms with E-state index < -0.39 is 17.2 Å². The zero-order valence-electron chi connectivity index (χ0n) is 11.0. The number of aromatic amines is 2. The predicted octanol–water partition coefficient (Wildman–Crippen LogP) is 0.362. The lowest BCUT2D eigenvalue weighted by Gasteiger charge is -2.29. The van der Waals surface area contributed by atoms with Gasteiger partial charge >= 0.3 is 5.69 Å². The molecule has 1 aromatic carbocycles. The average molecular weight is 287 g/mol. The molecule has 1 aromatic heterocycles. The van der Waals surface area contributed by atoms with Crippen molar-refractivity contribution in [3.63, 3.8) is 0 Å². The van der Waals surface area contributed by atoms with E-state index in [9.17, 15) is 19.5 Å². The van der Waals surface area contributed by atoms with Gasteiger partial charge in [-0.05, 0) is 24.5 Å². The first-order chi connectivity index (χ1) is 10.1. The Morgan fingerprint density at radius 2 is 2.05 bits per heavy atom. The van der Waals surface area contributed by atoms with Crippen LogP contribution >= 0.6 is 0 Å². The van der Waals surface area contributed by atoms with Crippen LogP contribution in [-0.4, -0.2) is 27.5 Å². The smallest absolute Gasteiger partial charge is 0.326 e. The Labute approximate surface area is 118 Å². The minimum Gasteiger partial charge on any atom is -0.506 e. The van der Waals surface area contributed by atoms with Crippen molar-refractivity contribution >= 4 is 11.6 Å². The van der Waals surface area contributed by atoms with Gasteiger partial charge in [0.05, 0.1) is 5.69 Å². The zero-order valence-corrected chi connectivity index (χ0v) is 11.0. The standard InChI is InChI=1S/C14H13N3O4/c18-10-5-1-3-8-4-2-6-17(12(8)10)13(20)9-7-11(19)16-14(21)15-9/h1,3,5,7,18H,2,4,6H2,(H2,15,16,19,21). The number of phenolic OH excluding ortho intramolecular Hbond substituents is 1. The molecule has 3 rings (SSSR count). The summed E-state index contributed by atoms with van der Waals surface area (Å²) >= 11 is 0. The summed E-state index contributed by atoms with van der Waals surface area (Å²) in [6, 6.07) is 6.11. The van der Waals surface area contributed by atoms with Gasteiger partial charge in [-0.3, -0.25) is 14.6 Å². The van der Waals surface area contributed by atoms with Crippen LogP contribution in [0.3, 0.4) is 0 Å². The summed E-state index contributed by atoms with van der Waals surface area (Å²) in [6.45, 7) is 0.415. The molecular weight excluding hydrogens is 274 g/mol. The average Bonchev–Trinajstić information content (AvgIpc) is 2.45. The number of aryl methyl sites for hydroxylation is 1. The fourth-order valence-electron chi connectivity index (χ4n) is 2.56. The first-order valence-electron chi connectivity index (χ1n) is 6.52. The summed E-state index contributed by atoms with van der Waals surface area (Å²) < 4.78 is 0. The number of hydrogen-bond acceptors (Lipinski definition) is 4. The molecule has 1 amide bonds. The summed E-state index contributed by atoms with van der Waals surface area (Å²) in [4.78, 5) is 40.8. The Hall–Kier alpha value is -2.83. The minimum atomic E-state index is -0.736. The Kier molecular flexibility index (Phi) is 3.09. The molecule has 0 radical (unpaired) electrons. The van der Waals surface area contributed by atoms with Crippen molar-refractivity contribution in [1.82, 2.24) is 9.97 Å². The number of nitrogens with zero attached hydrogens (tertiary/aromatic N) is 1. The van der Waals surface area contributed by atoms with Crippen molar-refractivity contribution in [2.24, 2.45) is 0 Å². The van der Waals surface area contributed by atoms with Gasteiger partial charge in [0.25, 0.3) is 11.5 Å². The van der Waals surface area contributed by atoms with Crippen LogP contribution in [0.1, 0.15) is 22.5 Å². The minimum absolute atomic E-state index is 0.00716. The van der Waals surface area contributed by atoms with E-state index in [1.165, 1.54) is 11.0 Å². The van der Waals surface area contributed by atoms with Gasteiger partial charge in [-0.25, -0.2) is 4.79 Å². The maximum absolute atomic E-state index is 12.5. The first-order valence-corrected chi connectivity index (χ1v) is 6.52. The SMILES string of the molecule is O=C(c1cc(=O)[nH]c(=O)[nH]1)N1CCCc2cccc(O)c21. The number of nitrogens with one attached hydrogen (secondary N) is 2. The second-order valence-corrected chi connectivity index (χ2v) is 4.85. The number of carbonyl (C=O) groups excluding carboxylic acids is 1. The van der Waals surface area contributed by atoms with Crippen LogP contribution in [0.25, 0.3) is 0 Å². The monoisotopic (exact) mass is 287 g/mol. The normalized spacial score (nSPS) is 13.8. The maximum atomic E-state index is 12.5. The molecule has 108 valence electrons. The predicted molar refractivity (Wildman–Crippen MR) is 75.8 cm³/mol. The van der Waals surface area contributed by atoms with Crippen LogP contribution in [-0.2, 0) is 6.42 Å². The number of H-pyrrole nitrogens is 2. The van der Waals surface area contributed by atoms with Gasteiger partial charge in [-0.2, -0.15) is 0 Å². The fourth-order valence-corrected chi connectivity index (χ4v) is 2.56. The van der Waals surface area contributed by atoms with Crippen molar-refractivity contribution in [2.75, 3.05) is 11.4 Å². The van der Waals surface area contributed by atoms with E-state index in [2.05, 4.69) is 4.98 Å². The van der Waals surface area contributed by atoms with Crippen molar-refractivity contribution in [1.29, 1.82) is 0 Å². The lowest BCUT2D eigenvalue weighted by atomic mass is 10.0. The van der Waals surface area contributed by atoms with E-state index in [0.717, 1.165) is 24.5 Å². The van der Waals surface area contributed by atoms with E-state index in [4.69, 9.17) is 0 Å². The lowest BCUT2D eigenvalue weighted by Crippen LogP contribution is -2.38. The Bertz CT molecular complexity index is 793. The molecule has 2 heterocycles. The number of rotatable bonds is 1. The largest absolute Gasteiger partial charge is 0.506 e. The Balaban J connectivity index is 2.08. The summed E-state index contributed by atoms with van der Waals surface area (Å²) in [6.07, 6.45) is 1.51. The maximum Gasteiger partial charge on any atom is 0.326 e. The van der Waals surface area contributed by atoms with Crippen molar-refractivity contribution in [3.8, 4) is 5.75 Å². The molecule has 0 saturated carbocycles. The molecular formula is C14H13N3O4. The topological polar surface area (TPSA) is 106 Å². The molecule has 0 unspecified atom stereocenters. The van der Waals surface area contributed by atoms with Crippen LogP contribution in [0.5, 0.6) is 5.75 Å². The Morgan fingerprint density at radius 1 is 1.24 bits per heavy atom. The first kappa shape index (κ1) is 13.2. The molecule has 0 bridgehead atoms. The summed E-state index contributed by atoms with van der Waals surface area (Å²) in [5, 5.41) is 10.00. The number of amides is 1. The molecule has 3 N–H and O–H groups in total. The van der Waals surface area contributed by atoms with E-state index >= 15 is 0 Å². The quantitative estimate of drug-likeness (QED) is 0.704. The van der Waals surface area contributed by atoms with Crippen LogP contribution < -0.4 is 16.1 Å². The van der Waals surface area contributed by atoms with Crippen LogP contribution in [0.4, 0.5) is 5.69 Å².